The highest BCUT2D eigenvalue weighted by Crippen LogP contribution is 2.28. The summed E-state index contributed by atoms with van der Waals surface area (Å²) < 4.78 is 6.26. The first-order valence-electron chi connectivity index (χ1n) is 5.50. The van der Waals surface area contributed by atoms with Gasteiger partial charge < -0.3 is 4.74 Å². The van der Waals surface area contributed by atoms with E-state index in [0.717, 1.165) is 9.37 Å². The molecule has 0 atom stereocenters. The Bertz CT molecular complexity index is 569. The van der Waals surface area contributed by atoms with Gasteiger partial charge in [0.15, 0.2) is 0 Å². The third-order valence-electron chi connectivity index (χ3n) is 2.00. The SMILES string of the molecule is CCOc1nc(NN)nc(Sc2cccc(Br)c2)n1. The van der Waals surface area contributed by atoms with E-state index in [2.05, 4.69) is 36.3 Å². The van der Waals surface area contributed by atoms with Gasteiger partial charge in [-0.15, -0.1) is 0 Å². The number of nitrogens with one attached hydrogen (secondary N) is 1. The third kappa shape index (κ3) is 4.05. The van der Waals surface area contributed by atoms with Crippen molar-refractivity contribution >= 4 is 33.6 Å². The lowest BCUT2D eigenvalue weighted by molar-refractivity contribution is 0.308. The maximum Gasteiger partial charge on any atom is 0.322 e. The maximum atomic E-state index is 5.33. The standard InChI is InChI=1S/C11H12BrN5OS/c1-2-18-10-14-9(17-13)15-11(16-10)19-8-5-3-4-7(12)6-8/h3-6H,2,13H2,1H3,(H,14,15,16,17). The molecule has 0 saturated carbocycles. The van der Waals surface area contributed by atoms with Gasteiger partial charge in [0.1, 0.15) is 0 Å². The number of benzene rings is 1. The van der Waals surface area contributed by atoms with Crippen molar-refractivity contribution in [1.82, 2.24) is 15.0 Å². The normalized spacial score (nSPS) is 10.3. The summed E-state index contributed by atoms with van der Waals surface area (Å²) in [5, 5.41) is 0.518. The molecule has 0 spiro atoms. The zero-order valence-corrected chi connectivity index (χ0v) is 12.5. The lowest BCUT2D eigenvalue weighted by Crippen LogP contribution is -2.12. The molecule has 0 unspecified atom stereocenters. The molecular weight excluding hydrogens is 330 g/mol. The van der Waals surface area contributed by atoms with Crippen molar-refractivity contribution in [3.05, 3.63) is 28.7 Å². The van der Waals surface area contributed by atoms with Crippen LogP contribution in [-0.4, -0.2) is 21.6 Å². The summed E-state index contributed by atoms with van der Waals surface area (Å²) in [5.74, 6) is 5.60. The largest absolute Gasteiger partial charge is 0.464 e. The van der Waals surface area contributed by atoms with Gasteiger partial charge in [-0.05, 0) is 36.9 Å². The number of anilines is 1. The molecule has 8 heteroatoms. The van der Waals surface area contributed by atoms with E-state index < -0.39 is 0 Å². The summed E-state index contributed by atoms with van der Waals surface area (Å²) in [4.78, 5) is 13.4. The second kappa shape index (κ2) is 6.69. The smallest absolute Gasteiger partial charge is 0.322 e. The summed E-state index contributed by atoms with van der Waals surface area (Å²) in [5.41, 5.74) is 2.40. The Balaban J connectivity index is 2.26. The lowest BCUT2D eigenvalue weighted by atomic mass is 10.4. The van der Waals surface area contributed by atoms with Crippen molar-refractivity contribution in [2.75, 3.05) is 12.0 Å². The second-order valence-corrected chi connectivity index (χ2v) is 5.32. The number of nitrogens with two attached hydrogens (primary N) is 1. The minimum absolute atomic E-state index is 0.253. The molecule has 19 heavy (non-hydrogen) atoms. The molecule has 0 saturated heterocycles. The van der Waals surface area contributed by atoms with Crippen molar-refractivity contribution < 1.29 is 4.74 Å². The van der Waals surface area contributed by atoms with Crippen molar-refractivity contribution in [2.45, 2.75) is 17.0 Å². The number of hydrazine groups is 1. The monoisotopic (exact) mass is 341 g/mol. The third-order valence-corrected chi connectivity index (χ3v) is 3.35. The van der Waals surface area contributed by atoms with Gasteiger partial charge in [0, 0.05) is 9.37 Å². The first kappa shape index (κ1) is 14.0. The van der Waals surface area contributed by atoms with E-state index in [1.165, 1.54) is 11.8 Å². The highest BCUT2D eigenvalue weighted by molar-refractivity contribution is 9.10. The molecule has 0 radical (unpaired) electrons. The van der Waals surface area contributed by atoms with E-state index in [1.54, 1.807) is 0 Å². The Labute approximate surface area is 123 Å². The average Bonchev–Trinajstić information content (AvgIpc) is 2.39. The van der Waals surface area contributed by atoms with E-state index >= 15 is 0 Å². The number of nitrogen functional groups attached to an aromatic ring is 1. The van der Waals surface area contributed by atoms with Gasteiger partial charge in [0.2, 0.25) is 11.1 Å². The van der Waals surface area contributed by atoms with Crippen LogP contribution in [0.4, 0.5) is 5.95 Å². The predicted molar refractivity (Wildman–Crippen MR) is 77.1 cm³/mol. The van der Waals surface area contributed by atoms with Gasteiger partial charge in [0.25, 0.3) is 0 Å². The van der Waals surface area contributed by atoms with Crippen LogP contribution in [0.25, 0.3) is 0 Å². The minimum atomic E-state index is 0.253. The molecular formula is C11H12BrN5OS. The summed E-state index contributed by atoms with van der Waals surface area (Å²) in [6.07, 6.45) is 0. The summed E-state index contributed by atoms with van der Waals surface area (Å²) >= 11 is 4.82. The molecule has 1 aromatic heterocycles. The van der Waals surface area contributed by atoms with Crippen LogP contribution in [-0.2, 0) is 0 Å². The van der Waals surface area contributed by atoms with Crippen LogP contribution >= 0.6 is 27.7 Å². The fourth-order valence-corrected chi connectivity index (χ4v) is 2.63. The van der Waals surface area contributed by atoms with Crippen LogP contribution in [0.1, 0.15) is 6.92 Å². The van der Waals surface area contributed by atoms with Crippen LogP contribution in [0.5, 0.6) is 6.01 Å². The first-order valence-corrected chi connectivity index (χ1v) is 7.11. The number of hydrogen-bond acceptors (Lipinski definition) is 7. The molecule has 0 fully saturated rings. The van der Waals surface area contributed by atoms with Gasteiger partial charge >= 0.3 is 6.01 Å². The van der Waals surface area contributed by atoms with Crippen molar-refractivity contribution in [1.29, 1.82) is 0 Å². The van der Waals surface area contributed by atoms with E-state index in [9.17, 15) is 0 Å². The first-order chi connectivity index (χ1) is 9.21. The summed E-state index contributed by atoms with van der Waals surface area (Å²) in [7, 11) is 0. The fraction of sp³-hybridized carbons (Fsp3) is 0.182. The number of rotatable bonds is 5. The number of ether oxygens (including phenoxy) is 1. The van der Waals surface area contributed by atoms with Gasteiger partial charge in [-0.1, -0.05) is 22.0 Å². The highest BCUT2D eigenvalue weighted by Gasteiger charge is 2.08. The molecule has 2 rings (SSSR count). The van der Waals surface area contributed by atoms with Crippen LogP contribution in [0, 0.1) is 0 Å². The Morgan fingerprint density at radius 1 is 1.37 bits per heavy atom. The minimum Gasteiger partial charge on any atom is -0.464 e. The average molecular weight is 342 g/mol. The van der Waals surface area contributed by atoms with E-state index in [4.69, 9.17) is 10.6 Å². The molecule has 100 valence electrons. The summed E-state index contributed by atoms with van der Waals surface area (Å²) in [6, 6.07) is 8.09. The number of aromatic nitrogens is 3. The zero-order valence-electron chi connectivity index (χ0n) is 10.1. The number of nitrogens with zero attached hydrogens (tertiary/aromatic N) is 3. The van der Waals surface area contributed by atoms with Gasteiger partial charge in [-0.3, -0.25) is 5.43 Å². The van der Waals surface area contributed by atoms with E-state index in [0.29, 0.717) is 11.8 Å². The van der Waals surface area contributed by atoms with Crippen molar-refractivity contribution in [2.24, 2.45) is 5.84 Å². The Kier molecular flexibility index (Phi) is 4.94. The Hall–Kier alpha value is -1.38. The molecule has 2 aromatic rings. The molecule has 0 amide bonds. The molecule has 0 aliphatic heterocycles. The predicted octanol–water partition coefficient (Wildman–Crippen LogP) is 2.47. The molecule has 0 bridgehead atoms. The molecule has 0 aliphatic carbocycles. The Morgan fingerprint density at radius 2 is 2.21 bits per heavy atom. The molecule has 0 aliphatic rings. The van der Waals surface area contributed by atoms with Crippen LogP contribution < -0.4 is 16.0 Å². The quantitative estimate of drug-likeness (QED) is 0.638. The topological polar surface area (TPSA) is 86.0 Å². The van der Waals surface area contributed by atoms with Gasteiger partial charge in [0.05, 0.1) is 6.61 Å². The molecule has 1 heterocycles. The van der Waals surface area contributed by atoms with Gasteiger partial charge in [-0.2, -0.15) is 15.0 Å². The van der Waals surface area contributed by atoms with Crippen molar-refractivity contribution in [3.8, 4) is 6.01 Å². The summed E-state index contributed by atoms with van der Waals surface area (Å²) in [6.45, 7) is 2.34. The number of hydrogen-bond donors (Lipinski definition) is 2. The van der Waals surface area contributed by atoms with Crippen LogP contribution in [0.2, 0.25) is 0 Å². The van der Waals surface area contributed by atoms with Gasteiger partial charge in [-0.25, -0.2) is 5.84 Å². The van der Waals surface area contributed by atoms with Crippen molar-refractivity contribution in [3.63, 3.8) is 0 Å². The highest BCUT2D eigenvalue weighted by atomic mass is 79.9. The zero-order chi connectivity index (χ0) is 13.7. The molecule has 3 N–H and O–H groups in total. The Morgan fingerprint density at radius 3 is 2.89 bits per heavy atom. The number of halogens is 1. The second-order valence-electron chi connectivity index (χ2n) is 3.36. The fourth-order valence-electron chi connectivity index (χ4n) is 1.28. The lowest BCUT2D eigenvalue weighted by Gasteiger charge is -2.06. The molecule has 6 nitrogen and oxygen atoms in total. The van der Waals surface area contributed by atoms with E-state index in [-0.39, 0.29) is 12.0 Å². The van der Waals surface area contributed by atoms with Crippen LogP contribution in [0.15, 0.2) is 38.8 Å². The maximum absolute atomic E-state index is 5.33. The molecule has 1 aromatic carbocycles. The van der Waals surface area contributed by atoms with Crippen LogP contribution in [0.3, 0.4) is 0 Å². The van der Waals surface area contributed by atoms with E-state index in [1.807, 2.05) is 31.2 Å².